The summed E-state index contributed by atoms with van der Waals surface area (Å²) >= 11 is 0. The average Bonchev–Trinajstić information content (AvgIpc) is 2.42. The first-order chi connectivity index (χ1) is 8.40. The molecule has 1 aliphatic rings. The maximum atomic E-state index is 5.64. The third-order valence-corrected chi connectivity index (χ3v) is 3.88. The van der Waals surface area contributed by atoms with Crippen LogP contribution < -0.4 is 11.3 Å². The molecule has 1 aliphatic carbocycles. The fraction of sp³-hybridized carbons (Fsp3) is 0.643. The van der Waals surface area contributed by atoms with Gasteiger partial charge in [-0.2, -0.15) is 0 Å². The van der Waals surface area contributed by atoms with Gasteiger partial charge in [-0.1, -0.05) is 38.2 Å². The highest BCUT2D eigenvalue weighted by Crippen LogP contribution is 2.29. The molecule has 1 aromatic rings. The second-order valence-corrected chi connectivity index (χ2v) is 5.09. The van der Waals surface area contributed by atoms with Crippen molar-refractivity contribution in [3.8, 4) is 0 Å². The van der Waals surface area contributed by atoms with Crippen molar-refractivity contribution in [1.82, 2.24) is 10.4 Å². The van der Waals surface area contributed by atoms with Crippen LogP contribution in [0, 0.1) is 5.92 Å². The van der Waals surface area contributed by atoms with Gasteiger partial charge in [0.05, 0.1) is 0 Å². The Morgan fingerprint density at radius 1 is 1.35 bits per heavy atom. The van der Waals surface area contributed by atoms with Gasteiger partial charge in [-0.3, -0.25) is 16.3 Å². The molecule has 1 aromatic heterocycles. The molecule has 3 heteroatoms. The van der Waals surface area contributed by atoms with Crippen LogP contribution in [-0.4, -0.2) is 4.98 Å². The Morgan fingerprint density at radius 2 is 2.18 bits per heavy atom. The molecular weight excluding hydrogens is 210 g/mol. The number of aromatic nitrogens is 1. The van der Waals surface area contributed by atoms with E-state index in [2.05, 4.69) is 16.5 Å². The van der Waals surface area contributed by atoms with E-state index in [1.165, 1.54) is 44.1 Å². The number of nitrogens with one attached hydrogen (secondary N) is 1. The number of nitrogens with zero attached hydrogens (tertiary/aromatic N) is 1. The summed E-state index contributed by atoms with van der Waals surface area (Å²) in [6.07, 6.45) is 13.2. The van der Waals surface area contributed by atoms with Crippen molar-refractivity contribution < 1.29 is 0 Å². The van der Waals surface area contributed by atoms with Gasteiger partial charge in [0.1, 0.15) is 0 Å². The molecule has 1 atom stereocenters. The van der Waals surface area contributed by atoms with E-state index in [0.717, 1.165) is 12.3 Å². The molecule has 3 nitrogen and oxygen atoms in total. The molecule has 1 fully saturated rings. The Balaban J connectivity index is 1.83. The molecule has 2 rings (SSSR count). The van der Waals surface area contributed by atoms with E-state index in [1.807, 2.05) is 12.3 Å². The highest BCUT2D eigenvalue weighted by atomic mass is 15.2. The van der Waals surface area contributed by atoms with Crippen LogP contribution in [0.4, 0.5) is 0 Å². The summed E-state index contributed by atoms with van der Waals surface area (Å²) in [6.45, 7) is 0. The molecule has 0 saturated heterocycles. The standard InChI is InChI=1S/C14H23N3/c15-17-14(13-7-4-10-16-11-13)9-8-12-5-2-1-3-6-12/h4,7,10-12,14,17H,1-3,5-6,8-9,15H2. The third kappa shape index (κ3) is 3.79. The zero-order valence-electron chi connectivity index (χ0n) is 10.4. The lowest BCUT2D eigenvalue weighted by Gasteiger charge is -2.24. The number of pyridine rings is 1. The van der Waals surface area contributed by atoms with Crippen molar-refractivity contribution in [2.75, 3.05) is 0 Å². The second kappa shape index (κ2) is 6.72. The molecule has 0 aliphatic heterocycles. The van der Waals surface area contributed by atoms with Gasteiger partial charge in [0.15, 0.2) is 0 Å². The normalized spacial score (nSPS) is 19.1. The quantitative estimate of drug-likeness (QED) is 0.607. The van der Waals surface area contributed by atoms with Gasteiger partial charge >= 0.3 is 0 Å². The van der Waals surface area contributed by atoms with Crippen molar-refractivity contribution >= 4 is 0 Å². The summed E-state index contributed by atoms with van der Waals surface area (Å²) in [4.78, 5) is 4.15. The summed E-state index contributed by atoms with van der Waals surface area (Å²) in [5.41, 5.74) is 4.12. The van der Waals surface area contributed by atoms with Crippen LogP contribution in [0.2, 0.25) is 0 Å². The molecule has 3 N–H and O–H groups in total. The number of hydrazine groups is 1. The van der Waals surface area contributed by atoms with E-state index >= 15 is 0 Å². The van der Waals surface area contributed by atoms with Gasteiger partial charge < -0.3 is 0 Å². The first-order valence-corrected chi connectivity index (χ1v) is 6.76. The minimum Gasteiger partial charge on any atom is -0.271 e. The lowest BCUT2D eigenvalue weighted by molar-refractivity contribution is 0.315. The van der Waals surface area contributed by atoms with E-state index in [0.29, 0.717) is 0 Å². The molecule has 0 spiro atoms. The minimum atomic E-state index is 0.255. The number of rotatable bonds is 5. The molecule has 1 unspecified atom stereocenters. The van der Waals surface area contributed by atoms with Crippen LogP contribution >= 0.6 is 0 Å². The lowest BCUT2D eigenvalue weighted by Crippen LogP contribution is -2.28. The van der Waals surface area contributed by atoms with Crippen LogP contribution in [0.15, 0.2) is 24.5 Å². The van der Waals surface area contributed by atoms with Crippen LogP contribution in [0.1, 0.15) is 56.6 Å². The van der Waals surface area contributed by atoms with E-state index in [-0.39, 0.29) is 6.04 Å². The Morgan fingerprint density at radius 3 is 2.82 bits per heavy atom. The van der Waals surface area contributed by atoms with Gasteiger partial charge in [0.25, 0.3) is 0 Å². The Bertz CT molecular complexity index is 307. The van der Waals surface area contributed by atoms with Crippen molar-refractivity contribution in [1.29, 1.82) is 0 Å². The second-order valence-electron chi connectivity index (χ2n) is 5.09. The van der Waals surface area contributed by atoms with Crippen LogP contribution in [0.5, 0.6) is 0 Å². The van der Waals surface area contributed by atoms with Gasteiger partial charge in [0.2, 0.25) is 0 Å². The molecule has 0 aromatic carbocycles. The number of nitrogens with two attached hydrogens (primary N) is 1. The first kappa shape index (κ1) is 12.5. The van der Waals surface area contributed by atoms with Gasteiger partial charge in [-0.25, -0.2) is 0 Å². The smallest absolute Gasteiger partial charge is 0.0475 e. The average molecular weight is 233 g/mol. The molecule has 1 heterocycles. The van der Waals surface area contributed by atoms with E-state index in [9.17, 15) is 0 Å². The SMILES string of the molecule is NNC(CCC1CCCCC1)c1cccnc1. The van der Waals surface area contributed by atoms with E-state index in [1.54, 1.807) is 6.20 Å². The fourth-order valence-corrected chi connectivity index (χ4v) is 2.81. The van der Waals surface area contributed by atoms with Crippen LogP contribution in [0.25, 0.3) is 0 Å². The predicted molar refractivity (Wildman–Crippen MR) is 70.1 cm³/mol. The highest BCUT2D eigenvalue weighted by molar-refractivity contribution is 5.13. The van der Waals surface area contributed by atoms with E-state index < -0.39 is 0 Å². The Labute approximate surface area is 104 Å². The summed E-state index contributed by atoms with van der Waals surface area (Å²) < 4.78 is 0. The van der Waals surface area contributed by atoms with Crippen molar-refractivity contribution in [2.24, 2.45) is 11.8 Å². The lowest BCUT2D eigenvalue weighted by atomic mass is 9.84. The number of hydrogen-bond acceptors (Lipinski definition) is 3. The zero-order chi connectivity index (χ0) is 11.9. The summed E-state index contributed by atoms with van der Waals surface area (Å²) in [5, 5.41) is 0. The van der Waals surface area contributed by atoms with Gasteiger partial charge in [0, 0.05) is 18.4 Å². The third-order valence-electron chi connectivity index (χ3n) is 3.88. The largest absolute Gasteiger partial charge is 0.271 e. The van der Waals surface area contributed by atoms with Crippen molar-refractivity contribution in [2.45, 2.75) is 51.0 Å². The highest BCUT2D eigenvalue weighted by Gasteiger charge is 2.16. The summed E-state index contributed by atoms with van der Waals surface area (Å²) in [5.74, 6) is 6.56. The minimum absolute atomic E-state index is 0.255. The fourth-order valence-electron chi connectivity index (χ4n) is 2.81. The first-order valence-electron chi connectivity index (χ1n) is 6.76. The van der Waals surface area contributed by atoms with Crippen LogP contribution in [0.3, 0.4) is 0 Å². The maximum absolute atomic E-state index is 5.64. The molecule has 94 valence electrons. The molecule has 0 amide bonds. The molecule has 0 radical (unpaired) electrons. The zero-order valence-corrected chi connectivity index (χ0v) is 10.4. The predicted octanol–water partition coefficient (Wildman–Crippen LogP) is 2.95. The molecule has 0 bridgehead atoms. The molecule has 17 heavy (non-hydrogen) atoms. The van der Waals surface area contributed by atoms with Crippen molar-refractivity contribution in [3.63, 3.8) is 0 Å². The molecule has 1 saturated carbocycles. The molecular formula is C14H23N3. The monoisotopic (exact) mass is 233 g/mol. The number of hydrogen-bond donors (Lipinski definition) is 2. The van der Waals surface area contributed by atoms with E-state index in [4.69, 9.17) is 5.84 Å². The summed E-state index contributed by atoms with van der Waals surface area (Å²) in [7, 11) is 0. The Kier molecular flexibility index (Phi) is 4.95. The Hall–Kier alpha value is -0.930. The topological polar surface area (TPSA) is 50.9 Å². The summed E-state index contributed by atoms with van der Waals surface area (Å²) in [6, 6.07) is 4.32. The van der Waals surface area contributed by atoms with Crippen LogP contribution in [-0.2, 0) is 0 Å². The van der Waals surface area contributed by atoms with Gasteiger partial charge in [-0.05, 0) is 30.4 Å². The van der Waals surface area contributed by atoms with Crippen molar-refractivity contribution in [3.05, 3.63) is 30.1 Å². The van der Waals surface area contributed by atoms with Gasteiger partial charge in [-0.15, -0.1) is 0 Å². The maximum Gasteiger partial charge on any atom is 0.0475 e.